The van der Waals surface area contributed by atoms with E-state index in [1.807, 2.05) is 6.08 Å². The topological polar surface area (TPSA) is 57.5 Å². The molecule has 0 saturated heterocycles. The van der Waals surface area contributed by atoms with Crippen molar-refractivity contribution < 1.29 is 15.0 Å². The monoisotopic (exact) mass is 354 g/mol. The van der Waals surface area contributed by atoms with Crippen molar-refractivity contribution >= 4 is 5.97 Å². The van der Waals surface area contributed by atoms with E-state index >= 15 is 0 Å². The van der Waals surface area contributed by atoms with Crippen LogP contribution < -0.4 is 0 Å². The molecule has 148 valence electrons. The Kier molecular flexibility index (Phi) is 18.8. The zero-order valence-corrected chi connectivity index (χ0v) is 16.6. The van der Waals surface area contributed by atoms with Crippen molar-refractivity contribution in [2.45, 2.75) is 122 Å². The van der Waals surface area contributed by atoms with Gasteiger partial charge in [0, 0.05) is 6.42 Å². The average Bonchev–Trinajstić information content (AvgIpc) is 2.58. The molecule has 0 radical (unpaired) electrons. The van der Waals surface area contributed by atoms with Gasteiger partial charge in [0.25, 0.3) is 0 Å². The first-order valence-corrected chi connectivity index (χ1v) is 10.7. The molecule has 0 aromatic rings. The molecule has 0 heterocycles. The van der Waals surface area contributed by atoms with Gasteiger partial charge in [-0.3, -0.25) is 4.79 Å². The summed E-state index contributed by atoms with van der Waals surface area (Å²) in [6.45, 7) is 2.22. The van der Waals surface area contributed by atoms with Gasteiger partial charge in [-0.05, 0) is 25.7 Å². The van der Waals surface area contributed by atoms with E-state index in [0.717, 1.165) is 32.1 Å². The molecule has 3 heteroatoms. The number of carboxylic acid groups (broad SMARTS) is 1. The first-order valence-electron chi connectivity index (χ1n) is 10.7. The molecule has 1 atom stereocenters. The summed E-state index contributed by atoms with van der Waals surface area (Å²) in [6, 6.07) is 0. The Hall–Kier alpha value is -0.830. The summed E-state index contributed by atoms with van der Waals surface area (Å²) < 4.78 is 0. The molecule has 0 saturated carbocycles. The Morgan fingerprint density at radius 1 is 0.800 bits per heavy atom. The zero-order chi connectivity index (χ0) is 18.6. The molecule has 0 aromatic carbocycles. The highest BCUT2D eigenvalue weighted by Gasteiger charge is 1.99. The number of carbonyl (C=O) groups is 1. The summed E-state index contributed by atoms with van der Waals surface area (Å²) in [5.74, 6) is -0.673. The highest BCUT2D eigenvalue weighted by Crippen LogP contribution is 2.12. The van der Waals surface area contributed by atoms with Crippen LogP contribution in [0.4, 0.5) is 0 Å². The van der Waals surface area contributed by atoms with Crippen LogP contribution in [0.3, 0.4) is 0 Å². The number of unbranched alkanes of at least 4 members (excludes halogenated alkanes) is 13. The molecule has 0 spiro atoms. The molecule has 0 aromatic heterocycles. The lowest BCUT2D eigenvalue weighted by molar-refractivity contribution is -0.137. The molecular formula is C22H42O3. The van der Waals surface area contributed by atoms with E-state index in [9.17, 15) is 9.90 Å². The van der Waals surface area contributed by atoms with Gasteiger partial charge in [0.15, 0.2) is 0 Å². The SMILES string of the molecule is CCCCCCCC(O)/C=C/CCCCCCCCCCCC(=O)O. The Balaban J connectivity index is 3.22. The van der Waals surface area contributed by atoms with E-state index in [1.54, 1.807) is 0 Å². The fraction of sp³-hybridized carbons (Fsp3) is 0.864. The van der Waals surface area contributed by atoms with Crippen LogP contribution in [0.2, 0.25) is 0 Å². The molecule has 0 rings (SSSR count). The van der Waals surface area contributed by atoms with Crippen LogP contribution in [0.1, 0.15) is 116 Å². The van der Waals surface area contributed by atoms with Gasteiger partial charge in [-0.1, -0.05) is 96.1 Å². The van der Waals surface area contributed by atoms with Gasteiger partial charge in [-0.15, -0.1) is 0 Å². The molecule has 25 heavy (non-hydrogen) atoms. The van der Waals surface area contributed by atoms with Crippen LogP contribution in [-0.2, 0) is 4.79 Å². The molecule has 2 N–H and O–H groups in total. The van der Waals surface area contributed by atoms with Crippen molar-refractivity contribution in [3.8, 4) is 0 Å². The van der Waals surface area contributed by atoms with E-state index in [-0.39, 0.29) is 6.10 Å². The molecule has 0 amide bonds. The minimum absolute atomic E-state index is 0.247. The highest BCUT2D eigenvalue weighted by molar-refractivity contribution is 5.66. The largest absolute Gasteiger partial charge is 0.481 e. The van der Waals surface area contributed by atoms with Crippen molar-refractivity contribution in [1.29, 1.82) is 0 Å². The van der Waals surface area contributed by atoms with Crippen molar-refractivity contribution in [3.63, 3.8) is 0 Å². The first-order chi connectivity index (χ1) is 12.2. The predicted octanol–water partition coefficient (Wildman–Crippen LogP) is 6.64. The van der Waals surface area contributed by atoms with Gasteiger partial charge >= 0.3 is 5.97 Å². The Morgan fingerprint density at radius 2 is 1.32 bits per heavy atom. The molecule has 0 aliphatic rings. The molecule has 0 bridgehead atoms. The first kappa shape index (κ1) is 24.2. The molecule has 1 unspecified atom stereocenters. The Bertz CT molecular complexity index is 312. The maximum Gasteiger partial charge on any atom is 0.303 e. The molecule has 0 fully saturated rings. The number of aliphatic hydroxyl groups is 1. The quantitative estimate of drug-likeness (QED) is 0.202. The summed E-state index contributed by atoms with van der Waals surface area (Å²) in [5.41, 5.74) is 0. The minimum Gasteiger partial charge on any atom is -0.481 e. The lowest BCUT2D eigenvalue weighted by Crippen LogP contribution is -2.01. The molecule has 3 nitrogen and oxygen atoms in total. The highest BCUT2D eigenvalue weighted by atomic mass is 16.4. The third-order valence-corrected chi connectivity index (χ3v) is 4.72. The summed E-state index contributed by atoms with van der Waals surface area (Å²) in [5, 5.41) is 18.4. The Morgan fingerprint density at radius 3 is 1.92 bits per heavy atom. The lowest BCUT2D eigenvalue weighted by Gasteiger charge is -2.05. The van der Waals surface area contributed by atoms with Crippen LogP contribution in [-0.4, -0.2) is 22.3 Å². The number of hydrogen-bond acceptors (Lipinski definition) is 2. The predicted molar refractivity (Wildman–Crippen MR) is 107 cm³/mol. The van der Waals surface area contributed by atoms with Crippen molar-refractivity contribution in [2.24, 2.45) is 0 Å². The fourth-order valence-electron chi connectivity index (χ4n) is 3.08. The van der Waals surface area contributed by atoms with Gasteiger partial charge in [0.05, 0.1) is 6.10 Å². The second-order valence-electron chi connectivity index (χ2n) is 7.31. The lowest BCUT2D eigenvalue weighted by atomic mass is 10.0. The summed E-state index contributed by atoms with van der Waals surface area (Å²) in [4.78, 5) is 10.4. The van der Waals surface area contributed by atoms with Gasteiger partial charge in [-0.25, -0.2) is 0 Å². The van der Waals surface area contributed by atoms with Crippen molar-refractivity contribution in [3.05, 3.63) is 12.2 Å². The fourth-order valence-corrected chi connectivity index (χ4v) is 3.08. The van der Waals surface area contributed by atoms with Crippen LogP contribution in [0.15, 0.2) is 12.2 Å². The number of allylic oxidation sites excluding steroid dienone is 1. The number of hydrogen-bond donors (Lipinski definition) is 2. The van der Waals surface area contributed by atoms with E-state index in [2.05, 4.69) is 13.0 Å². The summed E-state index contributed by atoms with van der Waals surface area (Å²) in [7, 11) is 0. The molecular weight excluding hydrogens is 312 g/mol. The third kappa shape index (κ3) is 21.1. The number of aliphatic carboxylic acids is 1. The number of rotatable bonds is 19. The van der Waals surface area contributed by atoms with Crippen LogP contribution in [0.5, 0.6) is 0 Å². The van der Waals surface area contributed by atoms with Crippen LogP contribution >= 0.6 is 0 Å². The van der Waals surface area contributed by atoms with E-state index in [0.29, 0.717) is 6.42 Å². The summed E-state index contributed by atoms with van der Waals surface area (Å²) in [6.07, 6.45) is 23.1. The van der Waals surface area contributed by atoms with Crippen molar-refractivity contribution in [1.82, 2.24) is 0 Å². The van der Waals surface area contributed by atoms with Crippen LogP contribution in [0.25, 0.3) is 0 Å². The maximum atomic E-state index is 10.4. The second kappa shape index (κ2) is 19.5. The second-order valence-corrected chi connectivity index (χ2v) is 7.31. The van der Waals surface area contributed by atoms with E-state index in [4.69, 9.17) is 5.11 Å². The summed E-state index contributed by atoms with van der Waals surface area (Å²) >= 11 is 0. The van der Waals surface area contributed by atoms with E-state index in [1.165, 1.54) is 70.6 Å². The molecule has 0 aliphatic heterocycles. The smallest absolute Gasteiger partial charge is 0.303 e. The number of carboxylic acids is 1. The van der Waals surface area contributed by atoms with E-state index < -0.39 is 5.97 Å². The normalized spacial score (nSPS) is 12.7. The van der Waals surface area contributed by atoms with Gasteiger partial charge < -0.3 is 10.2 Å². The maximum absolute atomic E-state index is 10.4. The average molecular weight is 355 g/mol. The molecule has 0 aliphatic carbocycles. The zero-order valence-electron chi connectivity index (χ0n) is 16.6. The van der Waals surface area contributed by atoms with Gasteiger partial charge in [0.2, 0.25) is 0 Å². The van der Waals surface area contributed by atoms with Gasteiger partial charge in [-0.2, -0.15) is 0 Å². The van der Waals surface area contributed by atoms with Gasteiger partial charge in [0.1, 0.15) is 0 Å². The van der Waals surface area contributed by atoms with Crippen LogP contribution in [0, 0.1) is 0 Å². The Labute approximate surface area is 155 Å². The minimum atomic E-state index is -0.673. The van der Waals surface area contributed by atoms with Crippen molar-refractivity contribution in [2.75, 3.05) is 0 Å². The number of aliphatic hydroxyl groups excluding tert-OH is 1. The third-order valence-electron chi connectivity index (χ3n) is 4.72. The standard InChI is InChI=1S/C22H42O3/c1-2-3-4-12-15-18-21(23)19-16-13-10-8-6-5-7-9-11-14-17-20-22(24)25/h16,19,21,23H,2-15,17-18,20H2,1H3,(H,24,25)/b19-16+.